The van der Waals surface area contributed by atoms with E-state index >= 15 is 0 Å². The molecule has 26 heavy (non-hydrogen) atoms. The predicted molar refractivity (Wildman–Crippen MR) is 82.2 cm³/mol. The summed E-state index contributed by atoms with van der Waals surface area (Å²) < 4.78 is 82.9. The number of hydrogen-bond donors (Lipinski definition) is 1. The van der Waals surface area contributed by atoms with Gasteiger partial charge in [0.05, 0.1) is 5.41 Å². The maximum atomic E-state index is 12.9. The van der Waals surface area contributed by atoms with Crippen molar-refractivity contribution in [3.63, 3.8) is 0 Å². The van der Waals surface area contributed by atoms with Crippen LogP contribution in [0.15, 0.2) is 0 Å². The van der Waals surface area contributed by atoms with E-state index in [9.17, 15) is 36.2 Å². The smallest absolute Gasteiger partial charge is 0.426 e. The summed E-state index contributed by atoms with van der Waals surface area (Å²) in [7, 11) is 0. The Balaban J connectivity index is 2.79. The first-order chi connectivity index (χ1) is 11.7. The topological polar surface area (TPSA) is 46.5 Å². The van der Waals surface area contributed by atoms with E-state index in [1.807, 2.05) is 13.8 Å². The SMILES string of the molecule is CCCC(C)(CC)C(=O)OC1CCC(C(O)(C(F)(F)F)C(F)(F)F)CC1. The lowest BCUT2D eigenvalue weighted by molar-refractivity contribution is -0.387. The molecule has 154 valence electrons. The van der Waals surface area contributed by atoms with Crippen molar-refractivity contribution in [1.82, 2.24) is 0 Å². The molecular weight excluding hydrogens is 366 g/mol. The van der Waals surface area contributed by atoms with E-state index in [0.29, 0.717) is 12.8 Å². The molecule has 0 aromatic heterocycles. The molecule has 1 aliphatic carbocycles. The minimum absolute atomic E-state index is 0.142. The maximum absolute atomic E-state index is 12.9. The van der Waals surface area contributed by atoms with Crippen molar-refractivity contribution in [3.8, 4) is 0 Å². The summed E-state index contributed by atoms with van der Waals surface area (Å²) in [6.07, 6.45) is -11.8. The molecular formula is C17H26F6O3. The number of hydrogen-bond acceptors (Lipinski definition) is 3. The third kappa shape index (κ3) is 4.46. The molecule has 0 aromatic carbocycles. The Morgan fingerprint density at radius 2 is 1.46 bits per heavy atom. The number of aliphatic hydroxyl groups is 1. The van der Waals surface area contributed by atoms with Crippen molar-refractivity contribution < 1.29 is 41.0 Å². The molecule has 1 N–H and O–H groups in total. The number of carbonyl (C=O) groups excluding carboxylic acids is 1. The largest absolute Gasteiger partial charge is 0.462 e. The zero-order valence-corrected chi connectivity index (χ0v) is 15.1. The Morgan fingerprint density at radius 1 is 1.00 bits per heavy atom. The fraction of sp³-hybridized carbons (Fsp3) is 0.941. The number of esters is 1. The van der Waals surface area contributed by atoms with E-state index in [1.54, 1.807) is 6.92 Å². The number of ether oxygens (including phenoxy) is 1. The molecule has 0 aromatic rings. The van der Waals surface area contributed by atoms with Crippen LogP contribution in [0.1, 0.15) is 65.7 Å². The van der Waals surface area contributed by atoms with Gasteiger partial charge in [-0.1, -0.05) is 20.3 Å². The second-order valence-electron chi connectivity index (χ2n) is 7.31. The van der Waals surface area contributed by atoms with Crippen LogP contribution in [0.5, 0.6) is 0 Å². The van der Waals surface area contributed by atoms with Crippen molar-refractivity contribution in [2.45, 2.75) is 89.8 Å². The fourth-order valence-corrected chi connectivity index (χ4v) is 3.49. The van der Waals surface area contributed by atoms with Gasteiger partial charge in [-0.05, 0) is 45.4 Å². The Morgan fingerprint density at radius 3 is 1.81 bits per heavy atom. The van der Waals surface area contributed by atoms with Crippen LogP contribution in [0.3, 0.4) is 0 Å². The van der Waals surface area contributed by atoms with Crippen molar-refractivity contribution in [2.75, 3.05) is 0 Å². The van der Waals surface area contributed by atoms with E-state index < -0.39 is 54.2 Å². The molecule has 0 radical (unpaired) electrons. The molecule has 1 atom stereocenters. The van der Waals surface area contributed by atoms with E-state index in [0.717, 1.165) is 6.42 Å². The van der Waals surface area contributed by atoms with Gasteiger partial charge >= 0.3 is 18.3 Å². The number of carbonyl (C=O) groups is 1. The summed E-state index contributed by atoms with van der Waals surface area (Å²) >= 11 is 0. The van der Waals surface area contributed by atoms with Gasteiger partial charge in [-0.15, -0.1) is 0 Å². The number of rotatable bonds is 6. The standard InChI is InChI=1S/C17H26F6O3/c1-4-10-14(3,5-2)13(24)26-12-8-6-11(7-9-12)15(25,16(18,19)20)17(21,22)23/h11-12,25H,4-10H2,1-3H3. The highest BCUT2D eigenvalue weighted by Crippen LogP contribution is 2.51. The highest BCUT2D eigenvalue weighted by Gasteiger charge is 2.73. The van der Waals surface area contributed by atoms with Crippen LogP contribution in [-0.2, 0) is 9.53 Å². The Hall–Kier alpha value is -0.990. The molecule has 0 heterocycles. The van der Waals surface area contributed by atoms with Gasteiger partial charge in [0.15, 0.2) is 0 Å². The Kier molecular flexibility index (Phi) is 7.04. The summed E-state index contributed by atoms with van der Waals surface area (Å²) in [5.41, 5.74) is -5.46. The first kappa shape index (κ1) is 23.0. The van der Waals surface area contributed by atoms with E-state index in [2.05, 4.69) is 0 Å². The van der Waals surface area contributed by atoms with Gasteiger partial charge < -0.3 is 9.84 Å². The first-order valence-electron chi connectivity index (χ1n) is 8.79. The van der Waals surface area contributed by atoms with Crippen LogP contribution in [0.4, 0.5) is 26.3 Å². The molecule has 0 amide bonds. The number of halogens is 6. The lowest BCUT2D eigenvalue weighted by atomic mass is 9.75. The molecule has 1 rings (SSSR count). The molecule has 1 fully saturated rings. The average Bonchev–Trinajstić information content (AvgIpc) is 2.52. The first-order valence-corrected chi connectivity index (χ1v) is 8.79. The normalized spacial score (nSPS) is 24.8. The molecule has 0 spiro atoms. The van der Waals surface area contributed by atoms with Crippen LogP contribution in [0.2, 0.25) is 0 Å². The Labute approximate surface area is 149 Å². The van der Waals surface area contributed by atoms with Crippen molar-refractivity contribution in [3.05, 3.63) is 0 Å². The highest BCUT2D eigenvalue weighted by atomic mass is 19.4. The van der Waals surface area contributed by atoms with Gasteiger partial charge in [0.1, 0.15) is 6.10 Å². The van der Waals surface area contributed by atoms with Crippen LogP contribution in [0, 0.1) is 11.3 Å². The molecule has 3 nitrogen and oxygen atoms in total. The molecule has 1 saturated carbocycles. The minimum atomic E-state index is -5.82. The molecule has 9 heteroatoms. The zero-order chi connectivity index (χ0) is 20.4. The molecule has 0 bridgehead atoms. The maximum Gasteiger partial charge on any atom is 0.426 e. The van der Waals surface area contributed by atoms with Gasteiger partial charge in [-0.3, -0.25) is 4.79 Å². The molecule has 0 saturated heterocycles. The summed E-state index contributed by atoms with van der Waals surface area (Å²) in [6.45, 7) is 5.46. The fourth-order valence-electron chi connectivity index (χ4n) is 3.49. The molecule has 0 aliphatic heterocycles. The van der Waals surface area contributed by atoms with Crippen LogP contribution in [-0.4, -0.2) is 35.1 Å². The van der Waals surface area contributed by atoms with E-state index in [4.69, 9.17) is 4.74 Å². The second kappa shape index (κ2) is 7.94. The monoisotopic (exact) mass is 392 g/mol. The van der Waals surface area contributed by atoms with Crippen molar-refractivity contribution >= 4 is 5.97 Å². The van der Waals surface area contributed by atoms with Gasteiger partial charge in [-0.25, -0.2) is 0 Å². The predicted octanol–water partition coefficient (Wildman–Crippen LogP) is 5.16. The lowest BCUT2D eigenvalue weighted by Crippen LogP contribution is -2.62. The molecule has 1 unspecified atom stereocenters. The van der Waals surface area contributed by atoms with E-state index in [-0.39, 0.29) is 12.8 Å². The van der Waals surface area contributed by atoms with Gasteiger partial charge in [0.2, 0.25) is 0 Å². The number of alkyl halides is 6. The van der Waals surface area contributed by atoms with Crippen LogP contribution in [0.25, 0.3) is 0 Å². The Bertz CT molecular complexity index is 466. The third-order valence-corrected chi connectivity index (χ3v) is 5.48. The van der Waals surface area contributed by atoms with Gasteiger partial charge in [-0.2, -0.15) is 26.3 Å². The highest BCUT2D eigenvalue weighted by molar-refractivity contribution is 5.76. The second-order valence-corrected chi connectivity index (χ2v) is 7.31. The third-order valence-electron chi connectivity index (χ3n) is 5.48. The summed E-state index contributed by atoms with van der Waals surface area (Å²) in [4.78, 5) is 12.3. The van der Waals surface area contributed by atoms with Crippen molar-refractivity contribution in [1.29, 1.82) is 0 Å². The minimum Gasteiger partial charge on any atom is -0.462 e. The zero-order valence-electron chi connectivity index (χ0n) is 15.1. The lowest BCUT2D eigenvalue weighted by Gasteiger charge is -2.42. The van der Waals surface area contributed by atoms with Gasteiger partial charge in [0.25, 0.3) is 5.60 Å². The summed E-state index contributed by atoms with van der Waals surface area (Å²) in [5, 5.41) is 9.46. The molecule has 1 aliphatic rings. The van der Waals surface area contributed by atoms with Crippen molar-refractivity contribution in [2.24, 2.45) is 11.3 Å². The van der Waals surface area contributed by atoms with Crippen LogP contribution < -0.4 is 0 Å². The van der Waals surface area contributed by atoms with Crippen LogP contribution >= 0.6 is 0 Å². The summed E-state index contributed by atoms with van der Waals surface area (Å²) in [5.74, 6) is -2.49. The quantitative estimate of drug-likeness (QED) is 0.502. The van der Waals surface area contributed by atoms with Gasteiger partial charge in [0, 0.05) is 5.92 Å². The van der Waals surface area contributed by atoms with E-state index in [1.165, 1.54) is 0 Å². The average molecular weight is 392 g/mol. The summed E-state index contributed by atoms with van der Waals surface area (Å²) in [6, 6.07) is 0.